The van der Waals surface area contributed by atoms with Crippen molar-refractivity contribution in [1.82, 2.24) is 10.6 Å². The second-order valence-corrected chi connectivity index (χ2v) is 9.87. The van der Waals surface area contributed by atoms with Crippen LogP contribution in [0.5, 0.6) is 5.75 Å². The van der Waals surface area contributed by atoms with Gasteiger partial charge in [0.05, 0.1) is 6.61 Å². The first-order valence-corrected chi connectivity index (χ1v) is 13.6. The van der Waals surface area contributed by atoms with Crippen molar-refractivity contribution in [3.8, 4) is 29.2 Å². The zero-order valence-corrected chi connectivity index (χ0v) is 23.0. The zero-order chi connectivity index (χ0) is 30.3. The first-order valence-electron chi connectivity index (χ1n) is 13.6. The highest BCUT2D eigenvalue weighted by molar-refractivity contribution is 5.97. The summed E-state index contributed by atoms with van der Waals surface area (Å²) in [7, 11) is 0. The lowest BCUT2D eigenvalue weighted by Crippen LogP contribution is -2.49. The zero-order valence-electron chi connectivity index (χ0n) is 23.0. The van der Waals surface area contributed by atoms with Gasteiger partial charge in [0.2, 0.25) is 0 Å². The van der Waals surface area contributed by atoms with Crippen LogP contribution in [-0.4, -0.2) is 48.9 Å². The molecule has 2 amide bonds. The van der Waals surface area contributed by atoms with Crippen LogP contribution in [0.4, 0.5) is 4.79 Å². The third-order valence-electron chi connectivity index (χ3n) is 7.08. The summed E-state index contributed by atoms with van der Waals surface area (Å²) in [5, 5.41) is 14.7. The van der Waals surface area contributed by atoms with Crippen molar-refractivity contribution in [2.75, 3.05) is 19.8 Å². The fourth-order valence-corrected chi connectivity index (χ4v) is 4.99. The minimum atomic E-state index is -1.52. The number of carboxylic acid groups (broad SMARTS) is 1. The lowest BCUT2D eigenvalue weighted by molar-refractivity contribution is -0.139. The van der Waals surface area contributed by atoms with E-state index in [0.29, 0.717) is 30.6 Å². The van der Waals surface area contributed by atoms with Crippen molar-refractivity contribution >= 4 is 28.9 Å². The molecule has 0 saturated heterocycles. The van der Waals surface area contributed by atoms with Crippen LogP contribution in [0.15, 0.2) is 82.0 Å². The van der Waals surface area contributed by atoms with Crippen LogP contribution in [0.25, 0.3) is 22.1 Å². The molecule has 0 saturated carbocycles. The topological polar surface area (TPSA) is 144 Å². The van der Waals surface area contributed by atoms with Gasteiger partial charge in [-0.15, -0.1) is 12.3 Å². The van der Waals surface area contributed by atoms with Gasteiger partial charge in [0.1, 0.15) is 29.5 Å². The predicted molar refractivity (Wildman–Crippen MR) is 158 cm³/mol. The van der Waals surface area contributed by atoms with E-state index < -0.39 is 36.2 Å². The smallest absolute Gasteiger partial charge is 0.407 e. The van der Waals surface area contributed by atoms with Gasteiger partial charge in [-0.2, -0.15) is 0 Å². The molecule has 1 atom stereocenters. The molecular formula is C33H28N2O8. The third-order valence-corrected chi connectivity index (χ3v) is 7.08. The van der Waals surface area contributed by atoms with E-state index in [4.69, 9.17) is 20.3 Å². The summed E-state index contributed by atoms with van der Waals surface area (Å²) in [4.78, 5) is 49.7. The van der Waals surface area contributed by atoms with Crippen LogP contribution in [0.1, 0.15) is 40.2 Å². The predicted octanol–water partition coefficient (Wildman–Crippen LogP) is 4.31. The van der Waals surface area contributed by atoms with Gasteiger partial charge in [-0.25, -0.2) is 14.4 Å². The van der Waals surface area contributed by atoms with Gasteiger partial charge in [0.15, 0.2) is 0 Å². The number of hydrogen-bond acceptors (Lipinski definition) is 7. The Morgan fingerprint density at radius 1 is 1.00 bits per heavy atom. The number of alkyl carbamates (subject to hydrolysis) is 1. The van der Waals surface area contributed by atoms with E-state index in [0.717, 1.165) is 22.3 Å². The molecule has 0 spiro atoms. The fraction of sp³-hybridized carbons (Fsp3) is 0.212. The van der Waals surface area contributed by atoms with Crippen LogP contribution in [0.3, 0.4) is 0 Å². The number of nitrogens with one attached hydrogen (secondary N) is 2. The van der Waals surface area contributed by atoms with Crippen molar-refractivity contribution in [2.45, 2.75) is 24.8 Å². The first-order chi connectivity index (χ1) is 20.9. The summed E-state index contributed by atoms with van der Waals surface area (Å²) < 4.78 is 16.3. The van der Waals surface area contributed by atoms with Crippen LogP contribution < -0.4 is 21.0 Å². The third kappa shape index (κ3) is 6.52. The first kappa shape index (κ1) is 29.0. The summed E-state index contributed by atoms with van der Waals surface area (Å²) in [6.07, 6.45) is 5.53. The molecule has 4 aromatic rings. The van der Waals surface area contributed by atoms with Crippen LogP contribution >= 0.6 is 0 Å². The van der Waals surface area contributed by atoms with Gasteiger partial charge >= 0.3 is 17.7 Å². The van der Waals surface area contributed by atoms with E-state index in [1.165, 1.54) is 6.07 Å². The van der Waals surface area contributed by atoms with Crippen LogP contribution in [0.2, 0.25) is 0 Å². The number of carboxylic acids is 1. The van der Waals surface area contributed by atoms with E-state index in [1.807, 2.05) is 48.5 Å². The molecule has 0 unspecified atom stereocenters. The Morgan fingerprint density at radius 3 is 2.37 bits per heavy atom. The van der Waals surface area contributed by atoms with Crippen LogP contribution in [-0.2, 0) is 9.53 Å². The number of aliphatic carboxylic acids is 1. The van der Waals surface area contributed by atoms with E-state index in [1.54, 1.807) is 18.2 Å². The molecule has 0 radical (unpaired) electrons. The second-order valence-electron chi connectivity index (χ2n) is 9.87. The average Bonchev–Trinajstić information content (AvgIpc) is 3.33. The molecule has 1 heterocycles. The van der Waals surface area contributed by atoms with Gasteiger partial charge in [-0.3, -0.25) is 4.79 Å². The van der Waals surface area contributed by atoms with Crippen LogP contribution in [0, 0.1) is 12.3 Å². The number of benzene rings is 3. The minimum Gasteiger partial charge on any atom is -0.494 e. The molecular weight excluding hydrogens is 552 g/mol. The van der Waals surface area contributed by atoms with Gasteiger partial charge in [-0.1, -0.05) is 48.5 Å². The number of unbranched alkanes of at least 4 members (excludes halogenated alkanes) is 1. The fourth-order valence-electron chi connectivity index (χ4n) is 4.99. The molecule has 3 N–H and O–H groups in total. The maximum Gasteiger partial charge on any atom is 0.407 e. The van der Waals surface area contributed by atoms with Crippen molar-refractivity contribution in [3.05, 3.63) is 99.9 Å². The number of carbonyl (C=O) groups excluding carboxylic acids is 2. The van der Waals surface area contributed by atoms with Crippen molar-refractivity contribution in [2.24, 2.45) is 0 Å². The highest BCUT2D eigenvalue weighted by atomic mass is 16.5. The standard InChI is InChI=1S/C33H28N2O8/c1-2-3-8-15-41-21-13-14-29-20(16-21)17-26(32(39)43-29)30(36)34-18-28(31(37)38)35-33(40)42-19-27-24-11-6-4-9-22(24)23-10-5-7-12-25(23)27/h1,4-7,9-14,16-17,27-28H,3,8,15,18-19H2,(H,34,36)(H,35,40)(H,37,38)/t28-/m0/s1. The maximum atomic E-state index is 12.8. The lowest BCUT2D eigenvalue weighted by Gasteiger charge is -2.18. The molecule has 0 bridgehead atoms. The molecule has 1 aliphatic rings. The molecule has 5 rings (SSSR count). The summed E-state index contributed by atoms with van der Waals surface area (Å²) in [5.41, 5.74) is 3.15. The van der Waals surface area contributed by atoms with Crippen molar-refractivity contribution < 1.29 is 33.4 Å². The quantitative estimate of drug-likeness (QED) is 0.135. The number of hydrogen-bond donors (Lipinski definition) is 3. The molecule has 1 aliphatic carbocycles. The molecule has 10 heteroatoms. The Balaban J connectivity index is 1.20. The Kier molecular flexibility index (Phi) is 8.72. The molecule has 0 fully saturated rings. The largest absolute Gasteiger partial charge is 0.494 e. The molecule has 1 aromatic heterocycles. The number of rotatable bonds is 11. The minimum absolute atomic E-state index is 0.00763. The van der Waals surface area contributed by atoms with Gasteiger partial charge < -0.3 is 29.6 Å². The lowest BCUT2D eigenvalue weighted by atomic mass is 9.98. The summed E-state index contributed by atoms with van der Waals surface area (Å²) in [6.45, 7) is -0.118. The summed E-state index contributed by atoms with van der Waals surface area (Å²) in [5.74, 6) is 0.565. The Bertz CT molecular complexity index is 1740. The van der Waals surface area contributed by atoms with E-state index in [2.05, 4.69) is 16.6 Å². The average molecular weight is 581 g/mol. The molecule has 218 valence electrons. The Morgan fingerprint density at radius 2 is 1.70 bits per heavy atom. The van der Waals surface area contributed by atoms with Gasteiger partial charge in [0, 0.05) is 24.3 Å². The summed E-state index contributed by atoms with van der Waals surface area (Å²) in [6, 6.07) is 20.2. The number of amides is 2. The molecule has 10 nitrogen and oxygen atoms in total. The molecule has 43 heavy (non-hydrogen) atoms. The number of terminal acetylenes is 1. The monoisotopic (exact) mass is 580 g/mol. The van der Waals surface area contributed by atoms with E-state index in [-0.39, 0.29) is 23.7 Å². The highest BCUT2D eigenvalue weighted by Gasteiger charge is 2.30. The van der Waals surface area contributed by atoms with Gasteiger partial charge in [0.25, 0.3) is 5.91 Å². The second kappa shape index (κ2) is 13.0. The number of fused-ring (bicyclic) bond motifs is 4. The molecule has 0 aliphatic heterocycles. The Labute approximate surface area is 246 Å². The SMILES string of the molecule is C#CCCCOc1ccc2oc(=O)c(C(=O)NC[C@H](NC(=O)OCC3c4ccccc4-c4ccccc43)C(=O)O)cc2c1. The normalized spacial score (nSPS) is 12.4. The highest BCUT2D eigenvalue weighted by Crippen LogP contribution is 2.44. The number of carbonyl (C=O) groups is 3. The molecule has 3 aromatic carbocycles. The van der Waals surface area contributed by atoms with E-state index >= 15 is 0 Å². The number of ether oxygens (including phenoxy) is 2. The van der Waals surface area contributed by atoms with E-state index in [9.17, 15) is 24.3 Å². The van der Waals surface area contributed by atoms with Crippen molar-refractivity contribution in [3.63, 3.8) is 0 Å². The van der Waals surface area contributed by atoms with Crippen molar-refractivity contribution in [1.29, 1.82) is 0 Å². The Hall–Kier alpha value is -5.56. The van der Waals surface area contributed by atoms with Gasteiger partial charge in [-0.05, 0) is 52.9 Å². The maximum absolute atomic E-state index is 12.8. The summed E-state index contributed by atoms with van der Waals surface area (Å²) >= 11 is 0.